The molecule has 0 unspecified atom stereocenters. The number of hydrogen-bond acceptors (Lipinski definition) is 3. The number of aliphatic hydroxyl groups is 1. The number of para-hydroxylation sites is 2. The molecule has 1 aliphatic carbocycles. The summed E-state index contributed by atoms with van der Waals surface area (Å²) in [4.78, 5) is 14.7. The second kappa shape index (κ2) is 7.82. The van der Waals surface area contributed by atoms with Gasteiger partial charge in [0.2, 0.25) is 5.91 Å². The van der Waals surface area contributed by atoms with Crippen LogP contribution < -0.4 is 10.2 Å². The van der Waals surface area contributed by atoms with Gasteiger partial charge in [0.25, 0.3) is 0 Å². The topological polar surface area (TPSA) is 52.6 Å². The largest absolute Gasteiger partial charge is 0.396 e. The van der Waals surface area contributed by atoms with Crippen LogP contribution in [0.15, 0.2) is 24.3 Å². The van der Waals surface area contributed by atoms with Gasteiger partial charge >= 0.3 is 0 Å². The van der Waals surface area contributed by atoms with Crippen LogP contribution >= 0.6 is 0 Å². The fourth-order valence-corrected chi connectivity index (χ4v) is 3.89. The highest BCUT2D eigenvalue weighted by Crippen LogP contribution is 2.31. The average Bonchev–Trinajstić information content (AvgIpc) is 3.08. The number of piperidine rings is 1. The van der Waals surface area contributed by atoms with Crippen molar-refractivity contribution in [2.75, 3.05) is 29.9 Å². The Hall–Kier alpha value is -1.55. The molecular weight excluding hydrogens is 288 g/mol. The van der Waals surface area contributed by atoms with Crippen LogP contribution in [0.25, 0.3) is 0 Å². The fraction of sp³-hybridized carbons (Fsp3) is 0.632. The minimum absolute atomic E-state index is 0.148. The summed E-state index contributed by atoms with van der Waals surface area (Å²) in [7, 11) is 0. The zero-order valence-corrected chi connectivity index (χ0v) is 13.8. The van der Waals surface area contributed by atoms with Crippen molar-refractivity contribution in [2.24, 2.45) is 11.8 Å². The number of carbonyl (C=O) groups excluding carboxylic acids is 1. The van der Waals surface area contributed by atoms with Crippen LogP contribution in [0.4, 0.5) is 11.4 Å². The second-order valence-corrected chi connectivity index (χ2v) is 7.03. The third kappa shape index (κ3) is 4.25. The summed E-state index contributed by atoms with van der Waals surface area (Å²) in [6.07, 6.45) is 7.62. The van der Waals surface area contributed by atoms with E-state index in [0.29, 0.717) is 18.3 Å². The third-order valence-corrected chi connectivity index (χ3v) is 5.34. The van der Waals surface area contributed by atoms with Crippen molar-refractivity contribution in [3.63, 3.8) is 0 Å². The van der Waals surface area contributed by atoms with Gasteiger partial charge in [-0.2, -0.15) is 0 Å². The third-order valence-electron chi connectivity index (χ3n) is 5.34. The first-order chi connectivity index (χ1) is 11.3. The molecule has 1 amide bonds. The van der Waals surface area contributed by atoms with Crippen LogP contribution in [0.5, 0.6) is 0 Å². The molecule has 23 heavy (non-hydrogen) atoms. The first-order valence-corrected chi connectivity index (χ1v) is 9.01. The Labute approximate surface area is 138 Å². The first kappa shape index (κ1) is 16.3. The molecule has 126 valence electrons. The summed E-state index contributed by atoms with van der Waals surface area (Å²) in [6, 6.07) is 8.10. The van der Waals surface area contributed by atoms with Crippen molar-refractivity contribution in [3.8, 4) is 0 Å². The zero-order valence-electron chi connectivity index (χ0n) is 13.8. The lowest BCUT2D eigenvalue weighted by Crippen LogP contribution is -2.35. The van der Waals surface area contributed by atoms with E-state index in [2.05, 4.69) is 16.3 Å². The number of anilines is 2. The Bertz CT molecular complexity index is 518. The maximum absolute atomic E-state index is 12.3. The van der Waals surface area contributed by atoms with E-state index < -0.39 is 0 Å². The number of carbonyl (C=O) groups is 1. The molecule has 1 heterocycles. The van der Waals surface area contributed by atoms with E-state index in [1.165, 1.54) is 25.7 Å². The first-order valence-electron chi connectivity index (χ1n) is 9.01. The van der Waals surface area contributed by atoms with Crippen LogP contribution in [0.2, 0.25) is 0 Å². The molecule has 0 bridgehead atoms. The lowest BCUT2D eigenvalue weighted by Gasteiger charge is -2.34. The van der Waals surface area contributed by atoms with Crippen molar-refractivity contribution in [2.45, 2.75) is 44.9 Å². The number of amides is 1. The highest BCUT2D eigenvalue weighted by Gasteiger charge is 2.22. The molecular formula is C19H28N2O2. The predicted molar refractivity (Wildman–Crippen MR) is 93.7 cm³/mol. The van der Waals surface area contributed by atoms with E-state index in [1.807, 2.05) is 18.2 Å². The van der Waals surface area contributed by atoms with Crippen LogP contribution in [0.1, 0.15) is 44.9 Å². The minimum Gasteiger partial charge on any atom is -0.396 e. The molecule has 0 radical (unpaired) electrons. The van der Waals surface area contributed by atoms with Crippen LogP contribution in [0.3, 0.4) is 0 Å². The summed E-state index contributed by atoms with van der Waals surface area (Å²) in [6.45, 7) is 2.18. The molecule has 0 spiro atoms. The van der Waals surface area contributed by atoms with E-state index in [0.717, 1.165) is 37.3 Å². The Morgan fingerprint density at radius 1 is 1.09 bits per heavy atom. The Morgan fingerprint density at radius 2 is 1.78 bits per heavy atom. The number of rotatable bonds is 5. The Kier molecular flexibility index (Phi) is 5.55. The number of benzene rings is 1. The van der Waals surface area contributed by atoms with Crippen molar-refractivity contribution in [3.05, 3.63) is 24.3 Å². The van der Waals surface area contributed by atoms with E-state index in [1.54, 1.807) is 0 Å². The summed E-state index contributed by atoms with van der Waals surface area (Å²) < 4.78 is 0. The van der Waals surface area contributed by atoms with E-state index in [9.17, 15) is 9.90 Å². The van der Waals surface area contributed by atoms with Gasteiger partial charge in [-0.25, -0.2) is 0 Å². The zero-order chi connectivity index (χ0) is 16.1. The molecule has 1 aromatic rings. The Balaban J connectivity index is 1.62. The highest BCUT2D eigenvalue weighted by molar-refractivity contribution is 5.94. The number of hydrogen-bond donors (Lipinski definition) is 2. The summed E-state index contributed by atoms with van der Waals surface area (Å²) in [5, 5.41) is 12.4. The van der Waals surface area contributed by atoms with E-state index in [-0.39, 0.29) is 12.5 Å². The van der Waals surface area contributed by atoms with Crippen LogP contribution in [-0.2, 0) is 4.79 Å². The van der Waals surface area contributed by atoms with Crippen LogP contribution in [0, 0.1) is 11.8 Å². The van der Waals surface area contributed by atoms with Gasteiger partial charge in [-0.3, -0.25) is 4.79 Å². The number of aliphatic hydroxyl groups excluding tert-OH is 1. The van der Waals surface area contributed by atoms with Crippen molar-refractivity contribution >= 4 is 17.3 Å². The smallest absolute Gasteiger partial charge is 0.224 e. The molecule has 2 N–H and O–H groups in total. The summed E-state index contributed by atoms with van der Waals surface area (Å²) in [5.41, 5.74) is 2.04. The SMILES string of the molecule is O=C(CC1CCCC1)Nc1ccccc1N1CCC(CO)CC1. The Morgan fingerprint density at radius 3 is 2.48 bits per heavy atom. The van der Waals surface area contributed by atoms with Crippen molar-refractivity contribution in [1.29, 1.82) is 0 Å². The molecule has 4 nitrogen and oxygen atoms in total. The number of nitrogens with one attached hydrogen (secondary N) is 1. The second-order valence-electron chi connectivity index (χ2n) is 7.03. The molecule has 0 aromatic heterocycles. The molecule has 2 fully saturated rings. The highest BCUT2D eigenvalue weighted by atomic mass is 16.3. The van der Waals surface area contributed by atoms with Crippen molar-refractivity contribution in [1.82, 2.24) is 0 Å². The monoisotopic (exact) mass is 316 g/mol. The van der Waals surface area contributed by atoms with E-state index in [4.69, 9.17) is 0 Å². The van der Waals surface area contributed by atoms with Crippen molar-refractivity contribution < 1.29 is 9.90 Å². The molecule has 1 saturated carbocycles. The van der Waals surface area contributed by atoms with Gasteiger partial charge in [-0.05, 0) is 49.7 Å². The van der Waals surface area contributed by atoms with Gasteiger partial charge in [0.05, 0.1) is 11.4 Å². The molecule has 1 saturated heterocycles. The fourth-order valence-electron chi connectivity index (χ4n) is 3.89. The maximum atomic E-state index is 12.3. The maximum Gasteiger partial charge on any atom is 0.224 e. The van der Waals surface area contributed by atoms with Gasteiger partial charge in [-0.15, -0.1) is 0 Å². The quantitative estimate of drug-likeness (QED) is 0.875. The predicted octanol–water partition coefficient (Wildman–Crippen LogP) is 3.41. The molecule has 2 aliphatic rings. The van der Waals surface area contributed by atoms with Crippen LogP contribution in [-0.4, -0.2) is 30.7 Å². The van der Waals surface area contributed by atoms with Gasteiger partial charge in [-0.1, -0.05) is 25.0 Å². The van der Waals surface area contributed by atoms with Gasteiger partial charge in [0.15, 0.2) is 0 Å². The van der Waals surface area contributed by atoms with E-state index >= 15 is 0 Å². The normalized spacial score (nSPS) is 20.0. The molecule has 1 aromatic carbocycles. The molecule has 4 heteroatoms. The summed E-state index contributed by atoms with van der Waals surface area (Å²) >= 11 is 0. The van der Waals surface area contributed by atoms with Gasteiger partial charge in [0, 0.05) is 26.1 Å². The molecule has 3 rings (SSSR count). The molecule has 0 atom stereocenters. The average molecular weight is 316 g/mol. The standard InChI is InChI=1S/C19H28N2O2/c22-14-16-9-11-21(12-10-16)18-8-4-3-7-17(18)20-19(23)13-15-5-1-2-6-15/h3-4,7-8,15-16,22H,1-2,5-6,9-14H2,(H,20,23). The lowest BCUT2D eigenvalue weighted by atomic mass is 9.97. The number of nitrogens with zero attached hydrogens (tertiary/aromatic N) is 1. The minimum atomic E-state index is 0.148. The van der Waals surface area contributed by atoms with Gasteiger partial charge < -0.3 is 15.3 Å². The van der Waals surface area contributed by atoms with Gasteiger partial charge in [0.1, 0.15) is 0 Å². The molecule has 1 aliphatic heterocycles. The summed E-state index contributed by atoms with van der Waals surface area (Å²) in [5.74, 6) is 1.15. The lowest BCUT2D eigenvalue weighted by molar-refractivity contribution is -0.117.